The van der Waals surface area contributed by atoms with Gasteiger partial charge >= 0.3 is 0 Å². The van der Waals surface area contributed by atoms with Crippen molar-refractivity contribution in [1.29, 1.82) is 0 Å². The maximum atomic E-state index is 14.1. The Balaban J connectivity index is 3.26. The summed E-state index contributed by atoms with van der Waals surface area (Å²) < 4.78 is 36.6. The molecule has 0 fully saturated rings. The number of hydrogen-bond donors (Lipinski definition) is 1. The van der Waals surface area contributed by atoms with E-state index in [4.69, 9.17) is 22.3 Å². The zero-order valence-corrected chi connectivity index (χ0v) is 13.4. The van der Waals surface area contributed by atoms with Gasteiger partial charge in [0.15, 0.2) is 5.82 Å². The monoisotopic (exact) mass is 341 g/mol. The molecule has 0 aliphatic carbocycles. The van der Waals surface area contributed by atoms with E-state index in [0.717, 1.165) is 12.1 Å². The highest BCUT2D eigenvalue weighted by atomic mass is 35.7. The molecule has 0 aliphatic heterocycles. The van der Waals surface area contributed by atoms with Crippen LogP contribution in [0.25, 0.3) is 0 Å². The normalized spacial score (nSPS) is 13.3. The Morgan fingerprint density at radius 2 is 1.85 bits per heavy atom. The minimum Gasteiger partial charge on any atom is -0.349 e. The van der Waals surface area contributed by atoms with Gasteiger partial charge in [-0.25, -0.2) is 12.8 Å². The fourth-order valence-electron chi connectivity index (χ4n) is 1.36. The van der Waals surface area contributed by atoms with E-state index in [1.165, 1.54) is 0 Å². The first kappa shape index (κ1) is 17.2. The molecule has 0 spiro atoms. The van der Waals surface area contributed by atoms with Crippen molar-refractivity contribution in [2.75, 3.05) is 0 Å². The molecule has 1 rings (SSSR count). The van der Waals surface area contributed by atoms with Gasteiger partial charge in [-0.05, 0) is 25.0 Å². The van der Waals surface area contributed by atoms with Crippen molar-refractivity contribution in [3.05, 3.63) is 28.5 Å². The molecule has 112 valence electrons. The van der Waals surface area contributed by atoms with E-state index in [1.54, 1.807) is 6.92 Å². The van der Waals surface area contributed by atoms with E-state index in [0.29, 0.717) is 0 Å². The van der Waals surface area contributed by atoms with Crippen LogP contribution in [0.5, 0.6) is 0 Å². The quantitative estimate of drug-likeness (QED) is 0.855. The number of hydrogen-bond acceptors (Lipinski definition) is 3. The molecule has 0 radical (unpaired) electrons. The molecule has 0 saturated carbocycles. The van der Waals surface area contributed by atoms with E-state index in [9.17, 15) is 17.6 Å². The van der Waals surface area contributed by atoms with E-state index in [2.05, 4.69) is 5.32 Å². The number of carbonyl (C=O) groups is 1. The molecule has 4 nitrogen and oxygen atoms in total. The number of rotatable bonds is 4. The van der Waals surface area contributed by atoms with Gasteiger partial charge in [-0.2, -0.15) is 0 Å². The maximum Gasteiger partial charge on any atom is 0.264 e. The fraction of sp³-hybridized carbons (Fsp3) is 0.417. The van der Waals surface area contributed by atoms with Crippen molar-refractivity contribution in [2.24, 2.45) is 5.92 Å². The standard InChI is InChI=1S/C12H14Cl2FNO3S/c1-6(2)7(3)16-12(17)9-4-8(13)5-10(11(9)15)20(14,18)19/h4-7H,1-3H3,(H,16,17). The number of carbonyl (C=O) groups excluding carboxylic acids is 1. The van der Waals surface area contributed by atoms with Crippen molar-refractivity contribution in [3.63, 3.8) is 0 Å². The molecule has 20 heavy (non-hydrogen) atoms. The summed E-state index contributed by atoms with van der Waals surface area (Å²) in [6, 6.07) is 1.71. The van der Waals surface area contributed by atoms with Gasteiger partial charge in [0.05, 0.1) is 5.56 Å². The third-order valence-electron chi connectivity index (χ3n) is 2.87. The van der Waals surface area contributed by atoms with Crippen LogP contribution in [0.15, 0.2) is 17.0 Å². The Morgan fingerprint density at radius 1 is 1.30 bits per heavy atom. The number of amides is 1. The van der Waals surface area contributed by atoms with Gasteiger partial charge in [-0.1, -0.05) is 25.4 Å². The molecule has 0 bridgehead atoms. The Bertz CT molecular complexity index is 632. The van der Waals surface area contributed by atoms with Crippen LogP contribution in [0.2, 0.25) is 5.02 Å². The highest BCUT2D eigenvalue weighted by Crippen LogP contribution is 2.26. The molecule has 0 heterocycles. The highest BCUT2D eigenvalue weighted by Gasteiger charge is 2.24. The van der Waals surface area contributed by atoms with Crippen LogP contribution in [0.4, 0.5) is 4.39 Å². The van der Waals surface area contributed by atoms with E-state index in [-0.39, 0.29) is 17.0 Å². The number of benzene rings is 1. The summed E-state index contributed by atoms with van der Waals surface area (Å²) in [5.74, 6) is -1.82. The molecule has 8 heteroatoms. The number of halogens is 3. The van der Waals surface area contributed by atoms with Crippen molar-refractivity contribution in [1.82, 2.24) is 5.32 Å². The van der Waals surface area contributed by atoms with Gasteiger partial charge in [0.1, 0.15) is 4.90 Å². The van der Waals surface area contributed by atoms with Crippen LogP contribution >= 0.6 is 22.3 Å². The Kier molecular flexibility index (Phi) is 5.40. The van der Waals surface area contributed by atoms with Gasteiger partial charge in [-0.15, -0.1) is 0 Å². The molecule has 1 atom stereocenters. The van der Waals surface area contributed by atoms with Crippen molar-refractivity contribution < 1.29 is 17.6 Å². The minimum absolute atomic E-state index is 0.0898. The maximum absolute atomic E-state index is 14.1. The Labute approximate surface area is 126 Å². The van der Waals surface area contributed by atoms with Crippen LogP contribution in [0, 0.1) is 11.7 Å². The highest BCUT2D eigenvalue weighted by molar-refractivity contribution is 8.13. The van der Waals surface area contributed by atoms with Crippen molar-refractivity contribution in [2.45, 2.75) is 31.7 Å². The molecule has 1 aromatic carbocycles. The molecule has 0 aliphatic rings. The second-order valence-electron chi connectivity index (χ2n) is 4.71. The zero-order valence-electron chi connectivity index (χ0n) is 11.1. The minimum atomic E-state index is -4.32. The topological polar surface area (TPSA) is 63.2 Å². The lowest BCUT2D eigenvalue weighted by Crippen LogP contribution is -2.36. The molecule has 1 aromatic rings. The Morgan fingerprint density at radius 3 is 2.30 bits per heavy atom. The van der Waals surface area contributed by atoms with Gasteiger partial charge in [-0.3, -0.25) is 4.79 Å². The summed E-state index contributed by atoms with van der Waals surface area (Å²) >= 11 is 5.70. The SMILES string of the molecule is CC(C)C(C)NC(=O)c1cc(Cl)cc(S(=O)(=O)Cl)c1F. The lowest BCUT2D eigenvalue weighted by atomic mass is 10.1. The Hall–Kier alpha value is -0.850. The molecule has 1 amide bonds. The van der Waals surface area contributed by atoms with Gasteiger partial charge in [0.2, 0.25) is 0 Å². The average Bonchev–Trinajstić information content (AvgIpc) is 2.29. The molecule has 1 N–H and O–H groups in total. The van der Waals surface area contributed by atoms with Crippen molar-refractivity contribution in [3.8, 4) is 0 Å². The largest absolute Gasteiger partial charge is 0.349 e. The van der Waals surface area contributed by atoms with Crippen LogP contribution < -0.4 is 5.32 Å². The first-order chi connectivity index (χ1) is 9.04. The molecular formula is C12H14Cl2FNO3S. The zero-order chi connectivity index (χ0) is 15.7. The summed E-state index contributed by atoms with van der Waals surface area (Å²) in [6.07, 6.45) is 0. The predicted octanol–water partition coefficient (Wildman–Crippen LogP) is 3.18. The third kappa shape index (κ3) is 4.07. The second-order valence-corrected chi connectivity index (χ2v) is 7.68. The fourth-order valence-corrected chi connectivity index (χ4v) is 2.57. The average molecular weight is 342 g/mol. The molecule has 0 aromatic heterocycles. The van der Waals surface area contributed by atoms with Crippen molar-refractivity contribution >= 4 is 37.2 Å². The summed E-state index contributed by atoms with van der Waals surface area (Å²) in [5, 5.41) is 2.48. The summed E-state index contributed by atoms with van der Waals surface area (Å²) in [7, 11) is 0.786. The third-order valence-corrected chi connectivity index (χ3v) is 4.41. The van der Waals surface area contributed by atoms with Gasteiger partial charge < -0.3 is 5.32 Å². The smallest absolute Gasteiger partial charge is 0.264 e. The molecule has 1 unspecified atom stereocenters. The first-order valence-corrected chi connectivity index (χ1v) is 8.47. The summed E-state index contributed by atoms with van der Waals surface area (Å²) in [4.78, 5) is 11.2. The van der Waals surface area contributed by atoms with Crippen LogP contribution in [-0.4, -0.2) is 20.4 Å². The first-order valence-electron chi connectivity index (χ1n) is 5.78. The van der Waals surface area contributed by atoms with E-state index < -0.39 is 31.2 Å². The lowest BCUT2D eigenvalue weighted by molar-refractivity contribution is 0.0926. The van der Waals surface area contributed by atoms with E-state index in [1.807, 2.05) is 13.8 Å². The van der Waals surface area contributed by atoms with Crippen LogP contribution in [0.3, 0.4) is 0 Å². The number of nitrogens with one attached hydrogen (secondary N) is 1. The molecular weight excluding hydrogens is 328 g/mol. The van der Waals surface area contributed by atoms with Crippen LogP contribution in [0.1, 0.15) is 31.1 Å². The molecule has 0 saturated heterocycles. The summed E-state index contributed by atoms with van der Waals surface area (Å²) in [6.45, 7) is 5.52. The second kappa shape index (κ2) is 6.28. The van der Waals surface area contributed by atoms with Crippen LogP contribution in [-0.2, 0) is 9.05 Å². The van der Waals surface area contributed by atoms with E-state index >= 15 is 0 Å². The predicted molar refractivity (Wildman–Crippen MR) is 76.2 cm³/mol. The summed E-state index contributed by atoms with van der Waals surface area (Å²) in [5.41, 5.74) is -0.454. The lowest BCUT2D eigenvalue weighted by Gasteiger charge is -2.18. The van der Waals surface area contributed by atoms with Gasteiger partial charge in [0, 0.05) is 21.7 Å². The van der Waals surface area contributed by atoms with Gasteiger partial charge in [0.25, 0.3) is 15.0 Å².